The average Bonchev–Trinajstić information content (AvgIpc) is 3.17. The van der Waals surface area contributed by atoms with Crippen LogP contribution in [-0.2, 0) is 13.1 Å². The fourth-order valence-corrected chi connectivity index (χ4v) is 4.09. The van der Waals surface area contributed by atoms with Gasteiger partial charge in [-0.25, -0.2) is 0 Å². The molecule has 1 aliphatic heterocycles. The molecule has 3 aromatic rings. The van der Waals surface area contributed by atoms with E-state index in [4.69, 9.17) is 4.42 Å². The predicted molar refractivity (Wildman–Crippen MR) is 107 cm³/mol. The number of aromatic nitrogens is 1. The SMILES string of the molecule is Cc1cccc([C@H]2c3cccn3CCN2Cc2ccc(C(=O)NC3CC3)o2)c1. The summed E-state index contributed by atoms with van der Waals surface area (Å²) in [6, 6.07) is 17.3. The number of hydrogen-bond acceptors (Lipinski definition) is 3. The summed E-state index contributed by atoms with van der Waals surface area (Å²) in [6.07, 6.45) is 4.30. The van der Waals surface area contributed by atoms with Gasteiger partial charge in [0, 0.05) is 31.0 Å². The van der Waals surface area contributed by atoms with Crippen LogP contribution in [0.3, 0.4) is 0 Å². The van der Waals surface area contributed by atoms with E-state index in [1.54, 1.807) is 6.07 Å². The summed E-state index contributed by atoms with van der Waals surface area (Å²) in [5.41, 5.74) is 3.85. The maximum Gasteiger partial charge on any atom is 0.287 e. The van der Waals surface area contributed by atoms with E-state index in [0.717, 1.165) is 31.7 Å². The smallest absolute Gasteiger partial charge is 0.287 e. The lowest BCUT2D eigenvalue weighted by atomic mass is 9.98. The number of nitrogens with zero attached hydrogens (tertiary/aromatic N) is 2. The van der Waals surface area contributed by atoms with Crippen molar-refractivity contribution in [2.24, 2.45) is 0 Å². The Balaban J connectivity index is 1.40. The van der Waals surface area contributed by atoms with Gasteiger partial charge in [-0.3, -0.25) is 9.69 Å². The van der Waals surface area contributed by atoms with Crippen LogP contribution in [0.25, 0.3) is 0 Å². The molecule has 0 spiro atoms. The molecule has 1 aromatic carbocycles. The largest absolute Gasteiger partial charge is 0.455 e. The van der Waals surface area contributed by atoms with E-state index < -0.39 is 0 Å². The molecule has 5 rings (SSSR count). The van der Waals surface area contributed by atoms with Gasteiger partial charge in [-0.1, -0.05) is 29.8 Å². The summed E-state index contributed by atoms with van der Waals surface area (Å²) in [6.45, 7) is 4.71. The number of hydrogen-bond donors (Lipinski definition) is 1. The Morgan fingerprint density at radius 2 is 2.04 bits per heavy atom. The van der Waals surface area contributed by atoms with Gasteiger partial charge in [0.25, 0.3) is 5.91 Å². The highest BCUT2D eigenvalue weighted by Crippen LogP contribution is 2.34. The molecule has 1 fully saturated rings. The average molecular weight is 375 g/mol. The molecular formula is C23H25N3O2. The van der Waals surface area contributed by atoms with Gasteiger partial charge in [-0.05, 0) is 49.6 Å². The number of nitrogens with one attached hydrogen (secondary N) is 1. The standard InChI is InChI=1S/C23H25N3O2/c1-16-4-2-5-17(14-16)22-20-6-3-11-25(20)12-13-26(22)15-19-9-10-21(28-19)23(27)24-18-7-8-18/h2-6,9-11,14,18,22H,7-8,12-13,15H2,1H3,(H,24,27)/t22-/m0/s1. The first-order valence-corrected chi connectivity index (χ1v) is 10.0. The van der Waals surface area contributed by atoms with Crippen molar-refractivity contribution < 1.29 is 9.21 Å². The summed E-state index contributed by atoms with van der Waals surface area (Å²) in [4.78, 5) is 14.7. The molecule has 5 nitrogen and oxygen atoms in total. The summed E-state index contributed by atoms with van der Waals surface area (Å²) in [7, 11) is 0. The Hall–Kier alpha value is -2.79. The van der Waals surface area contributed by atoms with E-state index in [0.29, 0.717) is 18.3 Å². The molecule has 1 N–H and O–H groups in total. The fraction of sp³-hybridized carbons (Fsp3) is 0.348. The topological polar surface area (TPSA) is 50.4 Å². The zero-order valence-electron chi connectivity index (χ0n) is 16.1. The number of amides is 1. The summed E-state index contributed by atoms with van der Waals surface area (Å²) < 4.78 is 8.23. The third-order valence-electron chi connectivity index (χ3n) is 5.65. The van der Waals surface area contributed by atoms with Gasteiger partial charge < -0.3 is 14.3 Å². The maximum absolute atomic E-state index is 12.2. The first kappa shape index (κ1) is 17.3. The van der Waals surface area contributed by atoms with E-state index in [-0.39, 0.29) is 11.9 Å². The quantitative estimate of drug-likeness (QED) is 0.736. The maximum atomic E-state index is 12.2. The molecule has 2 aliphatic rings. The highest BCUT2D eigenvalue weighted by molar-refractivity contribution is 5.91. The van der Waals surface area contributed by atoms with Gasteiger partial charge in [-0.15, -0.1) is 0 Å². The second kappa shape index (κ2) is 6.99. The van der Waals surface area contributed by atoms with Crippen molar-refractivity contribution >= 4 is 5.91 Å². The van der Waals surface area contributed by atoms with Crippen molar-refractivity contribution in [1.82, 2.24) is 14.8 Å². The molecule has 3 heterocycles. The van der Waals surface area contributed by atoms with Crippen LogP contribution in [0.4, 0.5) is 0 Å². The summed E-state index contributed by atoms with van der Waals surface area (Å²) >= 11 is 0. The van der Waals surface area contributed by atoms with Crippen LogP contribution in [0.2, 0.25) is 0 Å². The van der Waals surface area contributed by atoms with Crippen molar-refractivity contribution in [3.05, 3.63) is 83.1 Å². The van der Waals surface area contributed by atoms with Crippen molar-refractivity contribution in [2.45, 2.75) is 44.9 Å². The third-order valence-corrected chi connectivity index (χ3v) is 5.65. The molecule has 144 valence electrons. The lowest BCUT2D eigenvalue weighted by Gasteiger charge is -2.37. The van der Waals surface area contributed by atoms with Crippen molar-refractivity contribution in [1.29, 1.82) is 0 Å². The fourth-order valence-electron chi connectivity index (χ4n) is 4.09. The minimum atomic E-state index is -0.100. The number of fused-ring (bicyclic) bond motifs is 1. The number of rotatable bonds is 5. The molecule has 28 heavy (non-hydrogen) atoms. The first-order valence-electron chi connectivity index (χ1n) is 10.0. The van der Waals surface area contributed by atoms with Crippen LogP contribution in [0.15, 0.2) is 59.1 Å². The van der Waals surface area contributed by atoms with Gasteiger partial charge >= 0.3 is 0 Å². The predicted octanol–water partition coefficient (Wildman–Crippen LogP) is 3.89. The number of carbonyl (C=O) groups is 1. The van der Waals surface area contributed by atoms with Crippen molar-refractivity contribution in [3.63, 3.8) is 0 Å². The molecule has 1 amide bonds. The van der Waals surface area contributed by atoms with Gasteiger partial charge in [-0.2, -0.15) is 0 Å². The zero-order chi connectivity index (χ0) is 19.1. The molecule has 2 aromatic heterocycles. The summed E-state index contributed by atoms with van der Waals surface area (Å²) in [5, 5.41) is 2.99. The van der Waals surface area contributed by atoms with Crippen LogP contribution < -0.4 is 5.32 Å². The molecule has 1 aliphatic carbocycles. The molecule has 0 unspecified atom stereocenters. The summed E-state index contributed by atoms with van der Waals surface area (Å²) in [5.74, 6) is 1.14. The highest BCUT2D eigenvalue weighted by atomic mass is 16.4. The second-order valence-electron chi connectivity index (χ2n) is 7.93. The molecular weight excluding hydrogens is 350 g/mol. The van der Waals surface area contributed by atoms with Crippen LogP contribution in [-0.4, -0.2) is 28.0 Å². The Kier molecular flexibility index (Phi) is 4.32. The monoisotopic (exact) mass is 375 g/mol. The number of furan rings is 1. The number of carbonyl (C=O) groups excluding carboxylic acids is 1. The van der Waals surface area contributed by atoms with Crippen molar-refractivity contribution in [2.75, 3.05) is 6.54 Å². The number of benzene rings is 1. The molecule has 1 atom stereocenters. The van der Waals surface area contributed by atoms with E-state index in [9.17, 15) is 4.79 Å². The minimum absolute atomic E-state index is 0.100. The van der Waals surface area contributed by atoms with Crippen LogP contribution in [0, 0.1) is 6.92 Å². The Morgan fingerprint density at radius 1 is 1.14 bits per heavy atom. The molecule has 5 heteroatoms. The van der Waals surface area contributed by atoms with Crippen LogP contribution in [0.5, 0.6) is 0 Å². The second-order valence-corrected chi connectivity index (χ2v) is 7.93. The minimum Gasteiger partial charge on any atom is -0.455 e. The Bertz CT molecular complexity index is 999. The van der Waals surface area contributed by atoms with E-state index in [2.05, 4.69) is 64.3 Å². The molecule has 0 bridgehead atoms. The van der Waals surface area contributed by atoms with Crippen LogP contribution >= 0.6 is 0 Å². The van der Waals surface area contributed by atoms with Gasteiger partial charge in [0.15, 0.2) is 5.76 Å². The van der Waals surface area contributed by atoms with Gasteiger partial charge in [0.05, 0.1) is 12.6 Å². The molecule has 0 radical (unpaired) electrons. The van der Waals surface area contributed by atoms with Gasteiger partial charge in [0.1, 0.15) is 5.76 Å². The van der Waals surface area contributed by atoms with Crippen molar-refractivity contribution in [3.8, 4) is 0 Å². The normalized spacial score (nSPS) is 19.4. The highest BCUT2D eigenvalue weighted by Gasteiger charge is 2.30. The van der Waals surface area contributed by atoms with E-state index in [1.807, 2.05) is 6.07 Å². The molecule has 1 saturated carbocycles. The third kappa shape index (κ3) is 3.38. The van der Waals surface area contributed by atoms with E-state index in [1.165, 1.54) is 16.8 Å². The first-order chi connectivity index (χ1) is 13.7. The molecule has 0 saturated heterocycles. The lowest BCUT2D eigenvalue weighted by Crippen LogP contribution is -2.37. The lowest BCUT2D eigenvalue weighted by molar-refractivity contribution is 0.0916. The Morgan fingerprint density at radius 3 is 2.86 bits per heavy atom. The Labute approximate surface area is 165 Å². The zero-order valence-corrected chi connectivity index (χ0v) is 16.1. The van der Waals surface area contributed by atoms with Crippen LogP contribution in [0.1, 0.15) is 52.0 Å². The van der Waals surface area contributed by atoms with Gasteiger partial charge in [0.2, 0.25) is 0 Å². The van der Waals surface area contributed by atoms with E-state index >= 15 is 0 Å². The number of aryl methyl sites for hydroxylation is 1.